The normalized spacial score (nSPS) is 13.7. The Morgan fingerprint density at radius 3 is 2.41 bits per heavy atom. The zero-order valence-electron chi connectivity index (χ0n) is 15.0. The number of hydrogen-bond donors (Lipinski definition) is 1. The average molecular weight is 366 g/mol. The van der Waals surface area contributed by atoms with Gasteiger partial charge in [-0.2, -0.15) is 0 Å². The van der Waals surface area contributed by atoms with Crippen LogP contribution in [0, 0.1) is 0 Å². The zero-order chi connectivity index (χ0) is 19.1. The number of nitrogens with one attached hydrogen (secondary N) is 1. The van der Waals surface area contributed by atoms with Gasteiger partial charge in [0, 0.05) is 32.4 Å². The molecular formula is C21H22N2O4. The van der Waals surface area contributed by atoms with Crippen molar-refractivity contribution in [1.29, 1.82) is 0 Å². The summed E-state index contributed by atoms with van der Waals surface area (Å²) in [6.07, 6.45) is 0.616. The van der Waals surface area contributed by atoms with E-state index < -0.39 is 0 Å². The van der Waals surface area contributed by atoms with Crippen molar-refractivity contribution < 1.29 is 19.1 Å². The quantitative estimate of drug-likeness (QED) is 0.728. The molecule has 0 aromatic heterocycles. The lowest BCUT2D eigenvalue weighted by Gasteiger charge is -2.13. The Balaban J connectivity index is 1.44. The second kappa shape index (κ2) is 8.98. The molecule has 1 heterocycles. The lowest BCUT2D eigenvalue weighted by molar-refractivity contribution is -0.138. The van der Waals surface area contributed by atoms with Crippen LogP contribution in [-0.4, -0.2) is 29.2 Å². The van der Waals surface area contributed by atoms with E-state index in [4.69, 9.17) is 4.74 Å². The van der Waals surface area contributed by atoms with Gasteiger partial charge in [0.25, 0.3) is 0 Å². The van der Waals surface area contributed by atoms with Gasteiger partial charge in [0.05, 0.1) is 0 Å². The topological polar surface area (TPSA) is 75.7 Å². The fourth-order valence-electron chi connectivity index (χ4n) is 2.89. The maximum absolute atomic E-state index is 12.0. The third kappa shape index (κ3) is 5.41. The highest BCUT2D eigenvalue weighted by Crippen LogP contribution is 2.13. The Kier molecular flexibility index (Phi) is 6.20. The standard InChI is InChI=1S/C21H22N2O4/c24-19(11-12-23-20(25)9-10-21(23)26)22-14-16-5-4-6-17(13-16)15-27-18-7-2-1-3-8-18/h1-8,13H,9-12,14-15H2,(H,22,24). The molecule has 6 nitrogen and oxygen atoms in total. The molecule has 3 rings (SSSR count). The van der Waals surface area contributed by atoms with Crippen LogP contribution in [0.4, 0.5) is 0 Å². The van der Waals surface area contributed by atoms with Crippen molar-refractivity contribution in [1.82, 2.24) is 10.2 Å². The number of hydrogen-bond acceptors (Lipinski definition) is 4. The Morgan fingerprint density at radius 1 is 0.963 bits per heavy atom. The predicted molar refractivity (Wildman–Crippen MR) is 99.6 cm³/mol. The molecule has 1 saturated heterocycles. The summed E-state index contributed by atoms with van der Waals surface area (Å²) >= 11 is 0. The molecule has 0 radical (unpaired) electrons. The Hall–Kier alpha value is -3.15. The van der Waals surface area contributed by atoms with Gasteiger partial charge in [-0.3, -0.25) is 19.3 Å². The summed E-state index contributed by atoms with van der Waals surface area (Å²) in [4.78, 5) is 36.2. The predicted octanol–water partition coefficient (Wildman–Crippen LogP) is 2.42. The van der Waals surface area contributed by atoms with Crippen LogP contribution in [0.3, 0.4) is 0 Å². The number of nitrogens with zero attached hydrogens (tertiary/aromatic N) is 1. The van der Waals surface area contributed by atoms with Gasteiger partial charge in [0.1, 0.15) is 12.4 Å². The first kappa shape index (κ1) is 18.6. The van der Waals surface area contributed by atoms with Gasteiger partial charge >= 0.3 is 0 Å². The van der Waals surface area contributed by atoms with Gasteiger partial charge in [-0.05, 0) is 23.3 Å². The monoisotopic (exact) mass is 366 g/mol. The van der Waals surface area contributed by atoms with Crippen molar-refractivity contribution in [2.45, 2.75) is 32.4 Å². The summed E-state index contributed by atoms with van der Waals surface area (Å²) in [7, 11) is 0. The van der Waals surface area contributed by atoms with Crippen molar-refractivity contribution >= 4 is 17.7 Å². The summed E-state index contributed by atoms with van der Waals surface area (Å²) in [5.41, 5.74) is 1.98. The summed E-state index contributed by atoms with van der Waals surface area (Å²) in [5.74, 6) is 0.230. The fourth-order valence-corrected chi connectivity index (χ4v) is 2.89. The molecule has 0 atom stereocenters. The number of ether oxygens (including phenoxy) is 1. The molecule has 6 heteroatoms. The van der Waals surface area contributed by atoms with Gasteiger partial charge in [0.2, 0.25) is 17.7 Å². The molecule has 3 amide bonds. The molecule has 0 saturated carbocycles. The SMILES string of the molecule is O=C(CCN1C(=O)CCC1=O)NCc1cccc(COc2ccccc2)c1. The minimum atomic E-state index is -0.195. The van der Waals surface area contributed by atoms with Crippen LogP contribution in [0.5, 0.6) is 5.75 Å². The van der Waals surface area contributed by atoms with E-state index in [1.807, 2.05) is 54.6 Å². The molecule has 1 fully saturated rings. The maximum atomic E-state index is 12.0. The van der Waals surface area contributed by atoms with Crippen LogP contribution in [0.15, 0.2) is 54.6 Å². The van der Waals surface area contributed by atoms with E-state index in [1.54, 1.807) is 0 Å². The molecule has 0 aliphatic carbocycles. The highest BCUT2D eigenvalue weighted by molar-refractivity contribution is 6.02. The maximum Gasteiger partial charge on any atom is 0.229 e. The number of para-hydroxylation sites is 1. The molecule has 1 aliphatic heterocycles. The molecule has 1 N–H and O–H groups in total. The van der Waals surface area contributed by atoms with Crippen LogP contribution in [0.25, 0.3) is 0 Å². The van der Waals surface area contributed by atoms with E-state index in [9.17, 15) is 14.4 Å². The second-order valence-corrected chi connectivity index (χ2v) is 6.39. The van der Waals surface area contributed by atoms with Crippen LogP contribution in [0.1, 0.15) is 30.4 Å². The highest BCUT2D eigenvalue weighted by atomic mass is 16.5. The molecule has 27 heavy (non-hydrogen) atoms. The molecule has 2 aromatic rings. The Morgan fingerprint density at radius 2 is 1.67 bits per heavy atom. The second-order valence-electron chi connectivity index (χ2n) is 6.39. The number of amides is 3. The highest BCUT2D eigenvalue weighted by Gasteiger charge is 2.28. The number of rotatable bonds is 8. The number of carbonyl (C=O) groups excluding carboxylic acids is 3. The van der Waals surface area contributed by atoms with E-state index in [0.717, 1.165) is 16.9 Å². The molecule has 0 bridgehead atoms. The summed E-state index contributed by atoms with van der Waals surface area (Å²) in [6, 6.07) is 17.4. The van der Waals surface area contributed by atoms with Crippen LogP contribution < -0.4 is 10.1 Å². The zero-order valence-corrected chi connectivity index (χ0v) is 15.0. The summed E-state index contributed by atoms with van der Waals surface area (Å²) in [5, 5.41) is 2.82. The summed E-state index contributed by atoms with van der Waals surface area (Å²) in [6.45, 7) is 0.985. The molecule has 0 spiro atoms. The first-order valence-corrected chi connectivity index (χ1v) is 8.97. The third-order valence-corrected chi connectivity index (χ3v) is 4.35. The van der Waals surface area contributed by atoms with Crippen molar-refractivity contribution in [2.75, 3.05) is 6.54 Å². The lowest BCUT2D eigenvalue weighted by Crippen LogP contribution is -2.34. The van der Waals surface area contributed by atoms with Crippen molar-refractivity contribution in [2.24, 2.45) is 0 Å². The average Bonchev–Trinajstić information content (AvgIpc) is 3.02. The Labute approximate surface area is 158 Å². The van der Waals surface area contributed by atoms with Crippen molar-refractivity contribution in [3.8, 4) is 5.75 Å². The first-order chi connectivity index (χ1) is 13.1. The van der Waals surface area contributed by atoms with E-state index in [0.29, 0.717) is 13.2 Å². The lowest BCUT2D eigenvalue weighted by atomic mass is 10.1. The number of carbonyl (C=O) groups is 3. The van der Waals surface area contributed by atoms with Gasteiger partial charge < -0.3 is 10.1 Å². The molecule has 1 aliphatic rings. The number of likely N-dealkylation sites (tertiary alicyclic amines) is 1. The van der Waals surface area contributed by atoms with Crippen molar-refractivity contribution in [3.63, 3.8) is 0 Å². The molecule has 140 valence electrons. The molecule has 0 unspecified atom stereocenters. The molecule has 2 aromatic carbocycles. The smallest absolute Gasteiger partial charge is 0.229 e. The van der Waals surface area contributed by atoms with Gasteiger partial charge in [-0.15, -0.1) is 0 Å². The van der Waals surface area contributed by atoms with E-state index in [-0.39, 0.29) is 43.5 Å². The number of benzene rings is 2. The molecular weight excluding hydrogens is 344 g/mol. The first-order valence-electron chi connectivity index (χ1n) is 8.97. The Bertz CT molecular complexity index is 804. The van der Waals surface area contributed by atoms with E-state index in [1.165, 1.54) is 4.90 Å². The van der Waals surface area contributed by atoms with Crippen LogP contribution >= 0.6 is 0 Å². The minimum absolute atomic E-state index is 0.119. The van der Waals surface area contributed by atoms with Gasteiger partial charge in [-0.25, -0.2) is 0 Å². The minimum Gasteiger partial charge on any atom is -0.489 e. The fraction of sp³-hybridized carbons (Fsp3) is 0.286. The van der Waals surface area contributed by atoms with Crippen molar-refractivity contribution in [3.05, 3.63) is 65.7 Å². The van der Waals surface area contributed by atoms with Gasteiger partial charge in [-0.1, -0.05) is 42.5 Å². The van der Waals surface area contributed by atoms with E-state index in [2.05, 4.69) is 5.32 Å². The largest absolute Gasteiger partial charge is 0.489 e. The van der Waals surface area contributed by atoms with Gasteiger partial charge in [0.15, 0.2) is 0 Å². The van der Waals surface area contributed by atoms with Crippen LogP contribution in [0.2, 0.25) is 0 Å². The summed E-state index contributed by atoms with van der Waals surface area (Å²) < 4.78 is 5.73. The van der Waals surface area contributed by atoms with E-state index >= 15 is 0 Å². The number of imide groups is 1. The van der Waals surface area contributed by atoms with Crippen LogP contribution in [-0.2, 0) is 27.5 Å². The third-order valence-electron chi connectivity index (χ3n) is 4.35.